The van der Waals surface area contributed by atoms with Crippen molar-refractivity contribution in [3.63, 3.8) is 0 Å². The molecule has 0 unspecified atom stereocenters. The molecule has 40 heavy (non-hydrogen) atoms. The summed E-state index contributed by atoms with van der Waals surface area (Å²) in [4.78, 5) is 21.0. The summed E-state index contributed by atoms with van der Waals surface area (Å²) in [5.74, 6) is -0.498. The van der Waals surface area contributed by atoms with Gasteiger partial charge in [-0.25, -0.2) is 0 Å². The summed E-state index contributed by atoms with van der Waals surface area (Å²) >= 11 is 0. The van der Waals surface area contributed by atoms with Crippen LogP contribution in [0.3, 0.4) is 0 Å². The monoisotopic (exact) mass is 563 g/mol. The zero-order valence-electron chi connectivity index (χ0n) is 27.1. The molecule has 0 aromatic carbocycles. The van der Waals surface area contributed by atoms with E-state index in [-0.39, 0.29) is 11.8 Å². The molecule has 0 heterocycles. The van der Waals surface area contributed by atoms with Gasteiger partial charge in [-0.05, 0) is 51.0 Å². The molecule has 4 N–H and O–H groups in total. The Balaban J connectivity index is 0. The molecule has 0 aliphatic rings. The van der Waals surface area contributed by atoms with Gasteiger partial charge < -0.3 is 11.5 Å². The van der Waals surface area contributed by atoms with E-state index in [9.17, 15) is 9.59 Å². The van der Waals surface area contributed by atoms with Crippen LogP contribution in [0.25, 0.3) is 0 Å². The van der Waals surface area contributed by atoms with Crippen LogP contribution in [0, 0.1) is 0 Å². The SMILES string of the molecule is CCCCCCCCC=CCCCCCCCC(N)=O.CCCCCCCCCCCCCCCC=CC(N)=O. The molecule has 2 amide bonds. The molecular formula is C36H70N2O2. The summed E-state index contributed by atoms with van der Waals surface area (Å²) in [6.45, 7) is 4.54. The number of rotatable bonds is 30. The highest BCUT2D eigenvalue weighted by molar-refractivity contribution is 5.85. The fourth-order valence-electron chi connectivity index (χ4n) is 4.85. The van der Waals surface area contributed by atoms with Crippen LogP contribution in [0.4, 0.5) is 0 Å². The lowest BCUT2D eigenvalue weighted by Gasteiger charge is -2.02. The van der Waals surface area contributed by atoms with Gasteiger partial charge in [-0.2, -0.15) is 0 Å². The van der Waals surface area contributed by atoms with Gasteiger partial charge in [0.05, 0.1) is 0 Å². The largest absolute Gasteiger partial charge is 0.370 e. The number of hydrogen-bond acceptors (Lipinski definition) is 2. The summed E-state index contributed by atoms with van der Waals surface area (Å²) in [5, 5.41) is 0. The van der Waals surface area contributed by atoms with Crippen molar-refractivity contribution in [1.82, 2.24) is 0 Å². The summed E-state index contributed by atoms with van der Waals surface area (Å²) in [7, 11) is 0. The predicted molar refractivity (Wildman–Crippen MR) is 177 cm³/mol. The minimum atomic E-state index is -0.334. The first-order valence-corrected chi connectivity index (χ1v) is 17.4. The maximum absolute atomic E-state index is 10.5. The smallest absolute Gasteiger partial charge is 0.241 e. The lowest BCUT2D eigenvalue weighted by molar-refractivity contribution is -0.118. The Labute approximate surface area is 250 Å². The van der Waals surface area contributed by atoms with E-state index in [0.717, 1.165) is 19.3 Å². The molecule has 4 nitrogen and oxygen atoms in total. The molecule has 0 bridgehead atoms. The summed E-state index contributed by atoms with van der Waals surface area (Å²) < 4.78 is 0. The topological polar surface area (TPSA) is 86.2 Å². The average Bonchev–Trinajstić information content (AvgIpc) is 2.93. The standard InChI is InChI=1S/2C18H35NO/c2*1-2-3-4-5-6-7-8-9-10-11-12-13-14-15-16-17-18(19)20/h16-17H,2-15H2,1H3,(H2,19,20);9-10H,2-8,11-17H2,1H3,(H2,19,20). The zero-order valence-corrected chi connectivity index (χ0v) is 27.1. The Morgan fingerprint density at radius 3 is 1.05 bits per heavy atom. The predicted octanol–water partition coefficient (Wildman–Crippen LogP) is 11.0. The number of allylic oxidation sites excluding steroid dienone is 3. The van der Waals surface area contributed by atoms with Crippen LogP contribution in [0.2, 0.25) is 0 Å². The molecule has 0 saturated heterocycles. The maximum Gasteiger partial charge on any atom is 0.241 e. The van der Waals surface area contributed by atoms with Gasteiger partial charge in [-0.3, -0.25) is 9.59 Å². The first-order chi connectivity index (χ1) is 19.5. The highest BCUT2D eigenvalue weighted by Gasteiger charge is 1.95. The minimum Gasteiger partial charge on any atom is -0.370 e. The van der Waals surface area contributed by atoms with E-state index in [1.54, 1.807) is 0 Å². The van der Waals surface area contributed by atoms with Crippen molar-refractivity contribution in [1.29, 1.82) is 0 Å². The van der Waals surface area contributed by atoms with Gasteiger partial charge in [0.25, 0.3) is 0 Å². The molecule has 0 atom stereocenters. The fraction of sp³-hybridized carbons (Fsp3) is 0.833. The molecule has 0 aromatic heterocycles. The molecule has 236 valence electrons. The molecule has 0 spiro atoms. The van der Waals surface area contributed by atoms with Gasteiger partial charge >= 0.3 is 0 Å². The lowest BCUT2D eigenvalue weighted by Crippen LogP contribution is -2.09. The Morgan fingerprint density at radius 1 is 0.425 bits per heavy atom. The van der Waals surface area contributed by atoms with E-state index in [1.165, 1.54) is 160 Å². The van der Waals surface area contributed by atoms with Crippen LogP contribution in [0.15, 0.2) is 24.3 Å². The van der Waals surface area contributed by atoms with E-state index in [4.69, 9.17) is 11.5 Å². The summed E-state index contributed by atoms with van der Waals surface area (Å²) in [6, 6.07) is 0. The van der Waals surface area contributed by atoms with Crippen molar-refractivity contribution in [2.75, 3.05) is 0 Å². The molecule has 0 aliphatic carbocycles. The van der Waals surface area contributed by atoms with Crippen LogP contribution in [0.5, 0.6) is 0 Å². The van der Waals surface area contributed by atoms with E-state index >= 15 is 0 Å². The minimum absolute atomic E-state index is 0.164. The average molecular weight is 563 g/mol. The maximum atomic E-state index is 10.5. The number of nitrogens with two attached hydrogens (primary N) is 2. The summed E-state index contributed by atoms with van der Waals surface area (Å²) in [5.41, 5.74) is 10.1. The van der Waals surface area contributed by atoms with Crippen molar-refractivity contribution < 1.29 is 9.59 Å². The quantitative estimate of drug-likeness (QED) is 0.0518. The van der Waals surface area contributed by atoms with Crippen molar-refractivity contribution >= 4 is 11.8 Å². The Bertz CT molecular complexity index is 571. The van der Waals surface area contributed by atoms with Crippen molar-refractivity contribution in [2.45, 2.75) is 194 Å². The van der Waals surface area contributed by atoms with E-state index in [1.807, 2.05) is 6.08 Å². The second-order valence-electron chi connectivity index (χ2n) is 11.6. The molecule has 4 heteroatoms. The molecule has 0 radical (unpaired) electrons. The molecule has 0 saturated carbocycles. The summed E-state index contributed by atoms with van der Waals surface area (Å²) in [6.07, 6.45) is 44.2. The number of primary amides is 2. The Hall–Kier alpha value is -1.58. The number of carbonyl (C=O) groups is 2. The number of hydrogen-bond donors (Lipinski definition) is 2. The first-order valence-electron chi connectivity index (χ1n) is 17.4. The Morgan fingerprint density at radius 2 is 0.725 bits per heavy atom. The highest BCUT2D eigenvalue weighted by Crippen LogP contribution is 2.13. The third kappa shape index (κ3) is 43.5. The zero-order chi connectivity index (χ0) is 29.8. The van der Waals surface area contributed by atoms with Gasteiger partial charge in [0.1, 0.15) is 0 Å². The third-order valence-electron chi connectivity index (χ3n) is 7.44. The number of carbonyl (C=O) groups excluding carboxylic acids is 2. The second kappa shape index (κ2) is 37.4. The molecule has 0 aromatic rings. The number of amides is 2. The van der Waals surface area contributed by atoms with E-state index < -0.39 is 0 Å². The third-order valence-corrected chi connectivity index (χ3v) is 7.44. The van der Waals surface area contributed by atoms with E-state index in [0.29, 0.717) is 6.42 Å². The Kier molecular flexibility index (Phi) is 37.9. The fourth-order valence-corrected chi connectivity index (χ4v) is 4.85. The first kappa shape index (κ1) is 40.6. The molecule has 0 rings (SSSR count). The van der Waals surface area contributed by atoms with Crippen LogP contribution in [-0.4, -0.2) is 11.8 Å². The van der Waals surface area contributed by atoms with Gasteiger partial charge in [-0.1, -0.05) is 160 Å². The number of unbranched alkanes of at least 4 members (excludes halogenated alkanes) is 24. The van der Waals surface area contributed by atoms with E-state index in [2.05, 4.69) is 26.0 Å². The molecule has 0 aliphatic heterocycles. The highest BCUT2D eigenvalue weighted by atomic mass is 16.1. The van der Waals surface area contributed by atoms with Crippen LogP contribution in [0.1, 0.15) is 194 Å². The second-order valence-corrected chi connectivity index (χ2v) is 11.6. The molecule has 0 fully saturated rings. The van der Waals surface area contributed by atoms with Gasteiger partial charge in [0.2, 0.25) is 11.8 Å². The van der Waals surface area contributed by atoms with Gasteiger partial charge in [0, 0.05) is 6.42 Å². The normalized spacial score (nSPS) is 11.2. The van der Waals surface area contributed by atoms with Gasteiger partial charge in [-0.15, -0.1) is 0 Å². The van der Waals surface area contributed by atoms with Crippen molar-refractivity contribution in [3.05, 3.63) is 24.3 Å². The van der Waals surface area contributed by atoms with Crippen molar-refractivity contribution in [2.24, 2.45) is 11.5 Å². The van der Waals surface area contributed by atoms with Crippen LogP contribution in [-0.2, 0) is 9.59 Å². The molecular weight excluding hydrogens is 492 g/mol. The van der Waals surface area contributed by atoms with Gasteiger partial charge in [0.15, 0.2) is 0 Å². The van der Waals surface area contributed by atoms with Crippen LogP contribution >= 0.6 is 0 Å². The van der Waals surface area contributed by atoms with Crippen molar-refractivity contribution in [3.8, 4) is 0 Å². The van der Waals surface area contributed by atoms with Crippen LogP contribution < -0.4 is 11.5 Å². The lowest BCUT2D eigenvalue weighted by atomic mass is 10.0.